The molecule has 0 fully saturated rings. The first kappa shape index (κ1) is 16.9. The number of aliphatic hydroxyl groups is 1. The average Bonchev–Trinajstić information content (AvgIpc) is 3.11. The second-order valence-corrected chi connectivity index (χ2v) is 7.57. The van der Waals surface area contributed by atoms with E-state index in [1.54, 1.807) is 23.6 Å². The summed E-state index contributed by atoms with van der Waals surface area (Å²) < 4.78 is 34.7. The van der Waals surface area contributed by atoms with Crippen LogP contribution in [0.3, 0.4) is 0 Å². The summed E-state index contributed by atoms with van der Waals surface area (Å²) in [7, 11) is -3.93. The van der Waals surface area contributed by atoms with Crippen LogP contribution >= 0.6 is 11.3 Å². The molecule has 0 saturated heterocycles. The average molecular weight is 364 g/mol. The van der Waals surface area contributed by atoms with E-state index in [-0.39, 0.29) is 18.1 Å². The molecule has 3 rings (SSSR count). The summed E-state index contributed by atoms with van der Waals surface area (Å²) in [5, 5.41) is 15.2. The lowest BCUT2D eigenvalue weighted by molar-refractivity contribution is 0.0650. The van der Waals surface area contributed by atoms with Crippen LogP contribution in [0.2, 0.25) is 0 Å². The van der Waals surface area contributed by atoms with Gasteiger partial charge in [0.1, 0.15) is 18.5 Å². The smallest absolute Gasteiger partial charge is 0.297 e. The molecule has 1 unspecified atom stereocenters. The molecule has 3 aromatic rings. The molecule has 0 bridgehead atoms. The van der Waals surface area contributed by atoms with Crippen LogP contribution in [0.1, 0.15) is 0 Å². The van der Waals surface area contributed by atoms with E-state index in [4.69, 9.17) is 8.92 Å². The molecular formula is C17H16O5S2. The lowest BCUT2D eigenvalue weighted by atomic mass is 10.1. The minimum Gasteiger partial charge on any atom is -0.490 e. The van der Waals surface area contributed by atoms with E-state index >= 15 is 0 Å². The quantitative estimate of drug-likeness (QED) is 0.653. The van der Waals surface area contributed by atoms with Gasteiger partial charge in [-0.05, 0) is 34.4 Å². The van der Waals surface area contributed by atoms with Gasteiger partial charge >= 0.3 is 0 Å². The summed E-state index contributed by atoms with van der Waals surface area (Å²) in [6.07, 6.45) is -1.04. The highest BCUT2D eigenvalue weighted by molar-refractivity contribution is 7.86. The third-order valence-electron chi connectivity index (χ3n) is 3.36. The highest BCUT2D eigenvalue weighted by atomic mass is 32.2. The maximum Gasteiger partial charge on any atom is 0.297 e. The first-order valence-corrected chi connectivity index (χ1v) is 9.61. The number of hydrogen-bond acceptors (Lipinski definition) is 6. The van der Waals surface area contributed by atoms with Gasteiger partial charge in [-0.15, -0.1) is 11.3 Å². The standard InChI is InChI=1S/C17H16O5S2/c18-15(10-21-16-7-8-23-12-16)11-22-24(19,20)17-6-5-13-3-1-2-4-14(13)9-17/h1-9,12,15,18H,10-11H2. The lowest BCUT2D eigenvalue weighted by Gasteiger charge is -2.12. The first-order valence-electron chi connectivity index (χ1n) is 7.26. The normalized spacial score (nSPS) is 13.0. The number of aliphatic hydroxyl groups excluding tert-OH is 1. The van der Waals surface area contributed by atoms with Gasteiger partial charge in [0.05, 0.1) is 11.5 Å². The van der Waals surface area contributed by atoms with Gasteiger partial charge in [-0.25, -0.2) is 0 Å². The topological polar surface area (TPSA) is 72.8 Å². The largest absolute Gasteiger partial charge is 0.490 e. The van der Waals surface area contributed by atoms with Crippen molar-refractivity contribution in [3.63, 3.8) is 0 Å². The van der Waals surface area contributed by atoms with Crippen molar-refractivity contribution >= 4 is 32.2 Å². The van der Waals surface area contributed by atoms with E-state index in [1.807, 2.05) is 29.6 Å². The van der Waals surface area contributed by atoms with E-state index in [2.05, 4.69) is 0 Å². The Hall–Kier alpha value is -1.93. The van der Waals surface area contributed by atoms with Crippen molar-refractivity contribution in [1.29, 1.82) is 0 Å². The van der Waals surface area contributed by atoms with Gasteiger partial charge in [0.25, 0.3) is 10.1 Å². The van der Waals surface area contributed by atoms with Gasteiger partial charge in [0.2, 0.25) is 0 Å². The molecule has 0 saturated carbocycles. The fourth-order valence-corrected chi connectivity index (χ4v) is 3.68. The van der Waals surface area contributed by atoms with Crippen LogP contribution in [0.15, 0.2) is 64.2 Å². The molecule has 0 aliphatic heterocycles. The Morgan fingerprint density at radius 3 is 2.58 bits per heavy atom. The van der Waals surface area contributed by atoms with Gasteiger partial charge in [0, 0.05) is 5.38 Å². The predicted octanol–water partition coefficient (Wildman–Crippen LogP) is 3.05. The van der Waals surface area contributed by atoms with Crippen LogP contribution in [0, 0.1) is 0 Å². The lowest BCUT2D eigenvalue weighted by Crippen LogP contribution is -2.25. The van der Waals surface area contributed by atoms with Crippen LogP contribution in [-0.2, 0) is 14.3 Å². The molecule has 0 aliphatic carbocycles. The zero-order valence-corrected chi connectivity index (χ0v) is 14.3. The van der Waals surface area contributed by atoms with E-state index in [0.29, 0.717) is 5.75 Å². The number of rotatable bonds is 7. The van der Waals surface area contributed by atoms with Crippen LogP contribution in [-0.4, -0.2) is 32.8 Å². The third kappa shape index (κ3) is 4.12. The second-order valence-electron chi connectivity index (χ2n) is 5.17. The molecule has 5 nitrogen and oxygen atoms in total. The Morgan fingerprint density at radius 2 is 1.83 bits per heavy atom. The number of hydrogen-bond donors (Lipinski definition) is 1. The fourth-order valence-electron chi connectivity index (χ4n) is 2.13. The van der Waals surface area contributed by atoms with Crippen molar-refractivity contribution in [3.05, 3.63) is 59.3 Å². The monoisotopic (exact) mass is 364 g/mol. The zero-order chi connectivity index (χ0) is 17.0. The number of thiophene rings is 1. The van der Waals surface area contributed by atoms with Crippen LogP contribution in [0.25, 0.3) is 10.8 Å². The van der Waals surface area contributed by atoms with Gasteiger partial charge in [0.15, 0.2) is 0 Å². The van der Waals surface area contributed by atoms with Crippen molar-refractivity contribution in [2.45, 2.75) is 11.0 Å². The Balaban J connectivity index is 1.62. The summed E-state index contributed by atoms with van der Waals surface area (Å²) in [6.45, 7) is -0.400. The molecule has 1 heterocycles. The van der Waals surface area contributed by atoms with Gasteiger partial charge in [-0.2, -0.15) is 8.42 Å². The van der Waals surface area contributed by atoms with Crippen molar-refractivity contribution in [3.8, 4) is 5.75 Å². The predicted molar refractivity (Wildman–Crippen MR) is 92.9 cm³/mol. The molecule has 0 spiro atoms. The molecule has 1 aromatic heterocycles. The van der Waals surface area contributed by atoms with Crippen molar-refractivity contribution in [2.24, 2.45) is 0 Å². The van der Waals surface area contributed by atoms with Gasteiger partial charge < -0.3 is 9.84 Å². The van der Waals surface area contributed by atoms with E-state index in [1.165, 1.54) is 17.4 Å². The summed E-state index contributed by atoms with van der Waals surface area (Å²) >= 11 is 1.47. The summed E-state index contributed by atoms with van der Waals surface area (Å²) in [5.74, 6) is 0.636. The molecule has 7 heteroatoms. The Bertz CT molecular complexity index is 904. The number of benzene rings is 2. The van der Waals surface area contributed by atoms with E-state index < -0.39 is 16.2 Å². The van der Waals surface area contributed by atoms with Crippen LogP contribution in [0.5, 0.6) is 5.75 Å². The molecule has 0 radical (unpaired) electrons. The minimum absolute atomic E-state index is 0.0377. The first-order chi connectivity index (χ1) is 11.5. The maximum atomic E-state index is 12.2. The summed E-state index contributed by atoms with van der Waals surface area (Å²) in [5.41, 5.74) is 0. The molecule has 126 valence electrons. The van der Waals surface area contributed by atoms with Crippen molar-refractivity contribution in [2.75, 3.05) is 13.2 Å². The SMILES string of the molecule is O=S(=O)(OCC(O)COc1ccsc1)c1ccc2ccccc2c1. The number of ether oxygens (including phenoxy) is 1. The molecule has 0 aliphatic rings. The minimum atomic E-state index is -3.93. The molecule has 1 N–H and O–H groups in total. The highest BCUT2D eigenvalue weighted by Gasteiger charge is 2.18. The maximum absolute atomic E-state index is 12.2. The van der Waals surface area contributed by atoms with Crippen LogP contribution < -0.4 is 4.74 Å². The Kier molecular flexibility index (Phi) is 5.15. The fraction of sp³-hybridized carbons (Fsp3) is 0.176. The third-order valence-corrected chi connectivity index (χ3v) is 5.30. The van der Waals surface area contributed by atoms with E-state index in [0.717, 1.165) is 10.8 Å². The summed E-state index contributed by atoms with van der Waals surface area (Å²) in [4.78, 5) is 0.0622. The second kappa shape index (κ2) is 7.31. The molecule has 1 atom stereocenters. The molecule has 24 heavy (non-hydrogen) atoms. The van der Waals surface area contributed by atoms with Crippen molar-refractivity contribution in [1.82, 2.24) is 0 Å². The molecule has 2 aromatic carbocycles. The molecular weight excluding hydrogens is 348 g/mol. The number of fused-ring (bicyclic) bond motifs is 1. The molecule has 0 amide bonds. The van der Waals surface area contributed by atoms with Gasteiger partial charge in [-0.1, -0.05) is 30.3 Å². The van der Waals surface area contributed by atoms with Gasteiger partial charge in [-0.3, -0.25) is 4.18 Å². The zero-order valence-electron chi connectivity index (χ0n) is 12.7. The van der Waals surface area contributed by atoms with E-state index in [9.17, 15) is 13.5 Å². The van der Waals surface area contributed by atoms with Crippen molar-refractivity contribution < 1.29 is 22.4 Å². The Labute approximate surface area is 144 Å². The van der Waals surface area contributed by atoms with Crippen LogP contribution in [0.4, 0.5) is 0 Å². The highest BCUT2D eigenvalue weighted by Crippen LogP contribution is 2.20. The Morgan fingerprint density at radius 1 is 1.04 bits per heavy atom. The summed E-state index contributed by atoms with van der Waals surface area (Å²) in [6, 6.07) is 14.0.